The Morgan fingerprint density at radius 1 is 1.15 bits per heavy atom. The highest BCUT2D eigenvalue weighted by atomic mass is 79.9. The van der Waals surface area contributed by atoms with Gasteiger partial charge in [-0.15, -0.1) is 0 Å². The maximum atomic E-state index is 12.1. The fourth-order valence-corrected chi connectivity index (χ4v) is 3.14. The van der Waals surface area contributed by atoms with Gasteiger partial charge in [0.25, 0.3) is 5.91 Å². The van der Waals surface area contributed by atoms with Gasteiger partial charge in [0, 0.05) is 6.04 Å². The number of carbonyl (C=O) groups excluding carboxylic acids is 1. The van der Waals surface area contributed by atoms with Crippen LogP contribution in [-0.4, -0.2) is 18.6 Å². The Balaban J connectivity index is 1.79. The summed E-state index contributed by atoms with van der Waals surface area (Å²) in [6, 6.07) is 16.4. The van der Waals surface area contributed by atoms with Crippen LogP contribution in [0.5, 0.6) is 5.75 Å². The van der Waals surface area contributed by atoms with Gasteiger partial charge in [-0.3, -0.25) is 4.79 Å². The highest BCUT2D eigenvalue weighted by Gasteiger charge is 2.16. The summed E-state index contributed by atoms with van der Waals surface area (Å²) in [7, 11) is 0. The van der Waals surface area contributed by atoms with Crippen molar-refractivity contribution in [3.63, 3.8) is 0 Å². The van der Waals surface area contributed by atoms with Gasteiger partial charge in [0.1, 0.15) is 5.75 Å². The third-order valence-corrected chi connectivity index (χ3v) is 4.89. The lowest BCUT2D eigenvalue weighted by Crippen LogP contribution is -2.36. The molecule has 0 fully saturated rings. The normalized spacial score (nSPS) is 12.5. The predicted molar refractivity (Wildman–Crippen MR) is 111 cm³/mol. The standard InChI is InChI=1S/C22H28BrNO2/c1-16(10-11-17-8-6-5-7-9-17)24-21(25)15-26-20-13-12-18(14-19(20)23)22(2,3)4/h5-9,12-14,16H,10-11,15H2,1-4H3,(H,24,25). The van der Waals surface area contributed by atoms with Crippen LogP contribution in [0.3, 0.4) is 0 Å². The SMILES string of the molecule is CC(CCc1ccccc1)NC(=O)COc1ccc(C(C)(C)C)cc1Br. The second kappa shape index (κ2) is 9.22. The van der Waals surface area contributed by atoms with Crippen LogP contribution in [-0.2, 0) is 16.6 Å². The Kier molecular flexibility index (Phi) is 7.27. The zero-order valence-electron chi connectivity index (χ0n) is 16.0. The fourth-order valence-electron chi connectivity index (χ4n) is 2.64. The first-order valence-electron chi connectivity index (χ1n) is 9.02. The molecule has 0 radical (unpaired) electrons. The first kappa shape index (κ1) is 20.5. The first-order chi connectivity index (χ1) is 12.3. The van der Waals surface area contributed by atoms with Gasteiger partial charge in [0.05, 0.1) is 4.47 Å². The molecule has 1 atom stereocenters. The maximum Gasteiger partial charge on any atom is 0.258 e. The number of carbonyl (C=O) groups is 1. The van der Waals surface area contributed by atoms with Crippen molar-refractivity contribution in [1.82, 2.24) is 5.32 Å². The number of hydrogen-bond acceptors (Lipinski definition) is 2. The molecule has 4 heteroatoms. The summed E-state index contributed by atoms with van der Waals surface area (Å²) in [4.78, 5) is 12.1. The molecule has 0 aliphatic carbocycles. The minimum Gasteiger partial charge on any atom is -0.483 e. The van der Waals surface area contributed by atoms with Gasteiger partial charge in [0.15, 0.2) is 6.61 Å². The largest absolute Gasteiger partial charge is 0.483 e. The Labute approximate surface area is 165 Å². The summed E-state index contributed by atoms with van der Waals surface area (Å²) in [5.41, 5.74) is 2.58. The van der Waals surface area contributed by atoms with Gasteiger partial charge in [-0.05, 0) is 64.4 Å². The van der Waals surface area contributed by atoms with Crippen molar-refractivity contribution in [2.45, 2.75) is 52.0 Å². The summed E-state index contributed by atoms with van der Waals surface area (Å²) in [5, 5.41) is 3.00. The highest BCUT2D eigenvalue weighted by molar-refractivity contribution is 9.10. The molecule has 2 aromatic carbocycles. The van der Waals surface area contributed by atoms with Crippen LogP contribution in [0.25, 0.3) is 0 Å². The molecule has 1 unspecified atom stereocenters. The zero-order chi connectivity index (χ0) is 19.2. The van der Waals surface area contributed by atoms with Crippen LogP contribution in [0.2, 0.25) is 0 Å². The van der Waals surface area contributed by atoms with E-state index >= 15 is 0 Å². The van der Waals surface area contributed by atoms with Crippen molar-refractivity contribution < 1.29 is 9.53 Å². The molecule has 1 amide bonds. The molecular formula is C22H28BrNO2. The van der Waals surface area contributed by atoms with Crippen molar-refractivity contribution in [1.29, 1.82) is 0 Å². The molecule has 3 nitrogen and oxygen atoms in total. The molecule has 2 rings (SSSR count). The van der Waals surface area contributed by atoms with Crippen LogP contribution in [0.1, 0.15) is 45.2 Å². The van der Waals surface area contributed by atoms with E-state index < -0.39 is 0 Å². The number of halogens is 1. The molecule has 0 saturated carbocycles. The Morgan fingerprint density at radius 3 is 2.46 bits per heavy atom. The van der Waals surface area contributed by atoms with E-state index in [1.165, 1.54) is 11.1 Å². The average Bonchev–Trinajstić information content (AvgIpc) is 2.59. The van der Waals surface area contributed by atoms with E-state index in [1.807, 2.05) is 37.3 Å². The monoisotopic (exact) mass is 417 g/mol. The lowest BCUT2D eigenvalue weighted by Gasteiger charge is -2.20. The number of ether oxygens (including phenoxy) is 1. The van der Waals surface area contributed by atoms with E-state index in [0.717, 1.165) is 17.3 Å². The van der Waals surface area contributed by atoms with E-state index in [-0.39, 0.29) is 24.0 Å². The minimum atomic E-state index is -0.0997. The summed E-state index contributed by atoms with van der Waals surface area (Å²) < 4.78 is 6.54. The summed E-state index contributed by atoms with van der Waals surface area (Å²) in [6.07, 6.45) is 1.85. The molecule has 0 aromatic heterocycles. The average molecular weight is 418 g/mol. The molecule has 26 heavy (non-hydrogen) atoms. The number of amides is 1. The van der Waals surface area contributed by atoms with Crippen molar-refractivity contribution in [2.75, 3.05) is 6.61 Å². The Hall–Kier alpha value is -1.81. The molecule has 1 N–H and O–H groups in total. The van der Waals surface area contributed by atoms with Crippen LogP contribution < -0.4 is 10.1 Å². The molecule has 0 heterocycles. The second-order valence-electron chi connectivity index (χ2n) is 7.68. The molecule has 0 saturated heterocycles. The topological polar surface area (TPSA) is 38.3 Å². The molecular weight excluding hydrogens is 390 g/mol. The number of benzene rings is 2. The van der Waals surface area contributed by atoms with Crippen molar-refractivity contribution >= 4 is 21.8 Å². The molecule has 0 aliphatic rings. The predicted octanol–water partition coefficient (Wildman–Crippen LogP) is 5.26. The second-order valence-corrected chi connectivity index (χ2v) is 8.53. The first-order valence-corrected chi connectivity index (χ1v) is 9.81. The summed E-state index contributed by atoms with van der Waals surface area (Å²) in [5.74, 6) is 0.586. The van der Waals surface area contributed by atoms with E-state index in [9.17, 15) is 4.79 Å². The molecule has 0 aliphatic heterocycles. The van der Waals surface area contributed by atoms with Crippen LogP contribution in [0.4, 0.5) is 0 Å². The summed E-state index contributed by atoms with van der Waals surface area (Å²) in [6.45, 7) is 8.54. The summed E-state index contributed by atoms with van der Waals surface area (Å²) >= 11 is 3.53. The number of rotatable bonds is 7. The van der Waals surface area contributed by atoms with Gasteiger partial charge < -0.3 is 10.1 Å². The van der Waals surface area contributed by atoms with E-state index in [2.05, 4.69) is 60.2 Å². The van der Waals surface area contributed by atoms with E-state index in [1.54, 1.807) is 0 Å². The molecule has 0 spiro atoms. The third-order valence-electron chi connectivity index (χ3n) is 4.27. The van der Waals surface area contributed by atoms with Gasteiger partial charge in [-0.25, -0.2) is 0 Å². The lowest BCUT2D eigenvalue weighted by molar-refractivity contribution is -0.123. The molecule has 0 bridgehead atoms. The van der Waals surface area contributed by atoms with Crippen LogP contribution >= 0.6 is 15.9 Å². The smallest absolute Gasteiger partial charge is 0.258 e. The Bertz CT molecular complexity index is 723. The number of hydrogen-bond donors (Lipinski definition) is 1. The minimum absolute atomic E-state index is 0.0170. The highest BCUT2D eigenvalue weighted by Crippen LogP contribution is 2.31. The van der Waals surface area contributed by atoms with Gasteiger partial charge in [0.2, 0.25) is 0 Å². The fraction of sp³-hybridized carbons (Fsp3) is 0.409. The van der Waals surface area contributed by atoms with Crippen molar-refractivity contribution in [3.05, 3.63) is 64.1 Å². The maximum absolute atomic E-state index is 12.1. The lowest BCUT2D eigenvalue weighted by atomic mass is 9.87. The van der Waals surface area contributed by atoms with Crippen LogP contribution in [0.15, 0.2) is 53.0 Å². The number of nitrogens with one attached hydrogen (secondary N) is 1. The van der Waals surface area contributed by atoms with Crippen molar-refractivity contribution in [2.24, 2.45) is 0 Å². The van der Waals surface area contributed by atoms with E-state index in [4.69, 9.17) is 4.74 Å². The quantitative estimate of drug-likeness (QED) is 0.666. The molecule has 2 aromatic rings. The Morgan fingerprint density at radius 2 is 1.85 bits per heavy atom. The third kappa shape index (κ3) is 6.49. The van der Waals surface area contributed by atoms with Crippen LogP contribution in [0, 0.1) is 0 Å². The number of aryl methyl sites for hydroxylation is 1. The molecule has 140 valence electrons. The zero-order valence-corrected chi connectivity index (χ0v) is 17.6. The van der Waals surface area contributed by atoms with Gasteiger partial charge >= 0.3 is 0 Å². The van der Waals surface area contributed by atoms with Gasteiger partial charge in [-0.2, -0.15) is 0 Å². The van der Waals surface area contributed by atoms with Gasteiger partial charge in [-0.1, -0.05) is 57.2 Å². The van der Waals surface area contributed by atoms with E-state index in [0.29, 0.717) is 5.75 Å². The van der Waals surface area contributed by atoms with Crippen molar-refractivity contribution in [3.8, 4) is 5.75 Å².